The second-order valence-electron chi connectivity index (χ2n) is 3.28. The molecular formula is C14H25F2NO. The van der Waals surface area contributed by atoms with Crippen LogP contribution in [-0.4, -0.2) is 11.7 Å². The Morgan fingerprint density at radius 1 is 1.22 bits per heavy atom. The van der Waals surface area contributed by atoms with Crippen molar-refractivity contribution in [1.82, 2.24) is 0 Å². The third-order valence-electron chi connectivity index (χ3n) is 2.03. The van der Waals surface area contributed by atoms with E-state index in [9.17, 15) is 8.78 Å². The maximum absolute atomic E-state index is 13.0. The van der Waals surface area contributed by atoms with Crippen LogP contribution in [0.3, 0.4) is 0 Å². The fourth-order valence-corrected chi connectivity index (χ4v) is 1.14. The monoisotopic (exact) mass is 261 g/mol. The highest BCUT2D eigenvalue weighted by molar-refractivity contribution is 5.28. The van der Waals surface area contributed by atoms with E-state index < -0.39 is 12.5 Å². The normalized spacial score (nSPS) is 11.6. The lowest BCUT2D eigenvalue weighted by Crippen LogP contribution is -2.19. The molecule has 1 rings (SSSR count). The SMILES string of the molecule is CC.CC.CC(N)c1cccc(C(F)(F)CO)c1. The standard InChI is InChI=1S/C10H13F2NO.2C2H6/c1-7(13)8-3-2-4-9(5-8)10(11,12)6-14;2*1-2/h2-5,7,14H,6,13H2,1H3;2*1-2H3. The molecule has 2 nitrogen and oxygen atoms in total. The average molecular weight is 261 g/mol. The van der Waals surface area contributed by atoms with E-state index in [4.69, 9.17) is 10.8 Å². The van der Waals surface area contributed by atoms with Crippen LogP contribution in [0.1, 0.15) is 51.8 Å². The Morgan fingerprint density at radius 3 is 2.11 bits per heavy atom. The summed E-state index contributed by atoms with van der Waals surface area (Å²) in [6, 6.07) is 5.51. The van der Waals surface area contributed by atoms with Gasteiger partial charge in [0.25, 0.3) is 5.92 Å². The first-order valence-electron chi connectivity index (χ1n) is 6.32. The summed E-state index contributed by atoms with van der Waals surface area (Å²) in [4.78, 5) is 0. The number of rotatable bonds is 3. The largest absolute Gasteiger partial charge is 0.390 e. The van der Waals surface area contributed by atoms with E-state index in [1.807, 2.05) is 27.7 Å². The molecule has 0 aromatic heterocycles. The van der Waals surface area contributed by atoms with Crippen LogP contribution in [0.5, 0.6) is 0 Å². The van der Waals surface area contributed by atoms with E-state index in [2.05, 4.69) is 0 Å². The summed E-state index contributed by atoms with van der Waals surface area (Å²) in [7, 11) is 0. The lowest BCUT2D eigenvalue weighted by Gasteiger charge is -2.15. The summed E-state index contributed by atoms with van der Waals surface area (Å²) in [5.41, 5.74) is 6.00. The highest BCUT2D eigenvalue weighted by Crippen LogP contribution is 2.28. The summed E-state index contributed by atoms with van der Waals surface area (Å²) in [6.45, 7) is 8.53. The Balaban J connectivity index is 0. The van der Waals surface area contributed by atoms with Gasteiger partial charge in [-0.15, -0.1) is 0 Å². The second kappa shape index (κ2) is 9.97. The third kappa shape index (κ3) is 6.07. The van der Waals surface area contributed by atoms with Crippen LogP contribution >= 0.6 is 0 Å². The predicted molar refractivity (Wildman–Crippen MR) is 72.7 cm³/mol. The summed E-state index contributed by atoms with van der Waals surface area (Å²) < 4.78 is 26.1. The number of halogens is 2. The molecule has 0 spiro atoms. The molecule has 1 aromatic carbocycles. The fraction of sp³-hybridized carbons (Fsp3) is 0.571. The van der Waals surface area contributed by atoms with Gasteiger partial charge in [-0.2, -0.15) is 8.78 Å². The smallest absolute Gasteiger partial charge is 0.295 e. The van der Waals surface area contributed by atoms with Gasteiger partial charge in [-0.3, -0.25) is 0 Å². The maximum Gasteiger partial charge on any atom is 0.295 e. The maximum atomic E-state index is 13.0. The third-order valence-corrected chi connectivity index (χ3v) is 2.03. The van der Waals surface area contributed by atoms with E-state index in [0.717, 1.165) is 0 Å². The van der Waals surface area contributed by atoms with Gasteiger partial charge in [0.1, 0.15) is 6.61 Å². The van der Waals surface area contributed by atoms with Crippen LogP contribution in [0, 0.1) is 0 Å². The second-order valence-corrected chi connectivity index (χ2v) is 3.28. The zero-order valence-corrected chi connectivity index (χ0v) is 11.9. The molecule has 0 heterocycles. The van der Waals surface area contributed by atoms with Crippen molar-refractivity contribution in [2.45, 2.75) is 46.6 Å². The van der Waals surface area contributed by atoms with E-state index in [1.54, 1.807) is 13.0 Å². The zero-order chi connectivity index (χ0) is 14.8. The van der Waals surface area contributed by atoms with Crippen LogP contribution in [0.15, 0.2) is 24.3 Å². The predicted octanol–water partition coefficient (Wildman–Crippen LogP) is 3.84. The number of alkyl halides is 2. The van der Waals surface area contributed by atoms with Crippen molar-refractivity contribution < 1.29 is 13.9 Å². The van der Waals surface area contributed by atoms with E-state index >= 15 is 0 Å². The molecule has 1 unspecified atom stereocenters. The van der Waals surface area contributed by atoms with Gasteiger partial charge in [-0.25, -0.2) is 0 Å². The lowest BCUT2D eigenvalue weighted by atomic mass is 10.0. The van der Waals surface area contributed by atoms with Crippen LogP contribution in [0.2, 0.25) is 0 Å². The topological polar surface area (TPSA) is 46.2 Å². The van der Waals surface area contributed by atoms with Crippen LogP contribution in [-0.2, 0) is 5.92 Å². The van der Waals surface area contributed by atoms with Crippen molar-refractivity contribution in [1.29, 1.82) is 0 Å². The van der Waals surface area contributed by atoms with Gasteiger partial charge >= 0.3 is 0 Å². The molecule has 4 heteroatoms. The minimum absolute atomic E-state index is 0.199. The molecule has 1 atom stereocenters. The van der Waals surface area contributed by atoms with Gasteiger partial charge in [0, 0.05) is 11.6 Å². The molecule has 1 aromatic rings. The van der Waals surface area contributed by atoms with Gasteiger partial charge in [-0.05, 0) is 18.6 Å². The van der Waals surface area contributed by atoms with Crippen molar-refractivity contribution in [2.75, 3.05) is 6.61 Å². The van der Waals surface area contributed by atoms with Crippen LogP contribution < -0.4 is 5.73 Å². The molecule has 0 bridgehead atoms. The van der Waals surface area contributed by atoms with Crippen molar-refractivity contribution in [3.8, 4) is 0 Å². The number of aliphatic hydroxyl groups is 1. The minimum atomic E-state index is -3.19. The fourth-order valence-electron chi connectivity index (χ4n) is 1.14. The molecule has 18 heavy (non-hydrogen) atoms. The Hall–Kier alpha value is -1.00. The minimum Gasteiger partial charge on any atom is -0.390 e. The summed E-state index contributed by atoms with van der Waals surface area (Å²) in [5, 5.41) is 8.50. The van der Waals surface area contributed by atoms with Gasteiger partial charge in [0.2, 0.25) is 0 Å². The molecule has 0 amide bonds. The van der Waals surface area contributed by atoms with Crippen LogP contribution in [0.25, 0.3) is 0 Å². The van der Waals surface area contributed by atoms with E-state index in [0.29, 0.717) is 5.56 Å². The highest BCUT2D eigenvalue weighted by atomic mass is 19.3. The molecule has 0 aliphatic heterocycles. The summed E-state index contributed by atoms with van der Waals surface area (Å²) in [6.07, 6.45) is 0. The number of hydrogen-bond donors (Lipinski definition) is 2. The van der Waals surface area contributed by atoms with Crippen molar-refractivity contribution in [3.63, 3.8) is 0 Å². The first-order valence-corrected chi connectivity index (χ1v) is 6.32. The van der Waals surface area contributed by atoms with Gasteiger partial charge < -0.3 is 10.8 Å². The molecule has 3 N–H and O–H groups in total. The Morgan fingerprint density at radius 2 is 1.72 bits per heavy atom. The lowest BCUT2D eigenvalue weighted by molar-refractivity contribution is -0.0556. The number of benzene rings is 1. The van der Waals surface area contributed by atoms with Crippen LogP contribution in [0.4, 0.5) is 8.78 Å². The first-order chi connectivity index (χ1) is 8.47. The Bertz CT molecular complexity index is 314. The molecule has 0 fully saturated rings. The highest BCUT2D eigenvalue weighted by Gasteiger charge is 2.30. The number of aliphatic hydroxyl groups excluding tert-OH is 1. The van der Waals surface area contributed by atoms with Crippen molar-refractivity contribution in [2.24, 2.45) is 5.73 Å². The molecule has 0 aliphatic rings. The first kappa shape index (κ1) is 19.3. The van der Waals surface area contributed by atoms with Gasteiger partial charge in [-0.1, -0.05) is 45.9 Å². The summed E-state index contributed by atoms with van der Waals surface area (Å²) >= 11 is 0. The Labute approximate surface area is 109 Å². The molecular weight excluding hydrogens is 236 g/mol. The molecule has 0 saturated heterocycles. The van der Waals surface area contributed by atoms with E-state index in [-0.39, 0.29) is 11.6 Å². The summed E-state index contributed by atoms with van der Waals surface area (Å²) in [5.74, 6) is -3.19. The van der Waals surface area contributed by atoms with Crippen molar-refractivity contribution >= 4 is 0 Å². The molecule has 0 saturated carbocycles. The molecule has 0 aliphatic carbocycles. The zero-order valence-electron chi connectivity index (χ0n) is 11.9. The van der Waals surface area contributed by atoms with Gasteiger partial charge in [0.15, 0.2) is 0 Å². The molecule has 106 valence electrons. The van der Waals surface area contributed by atoms with Crippen molar-refractivity contribution in [3.05, 3.63) is 35.4 Å². The Kier molecular flexibility index (Phi) is 10.7. The van der Waals surface area contributed by atoms with Gasteiger partial charge in [0.05, 0.1) is 0 Å². The number of hydrogen-bond acceptors (Lipinski definition) is 2. The van der Waals surface area contributed by atoms with E-state index in [1.165, 1.54) is 18.2 Å². The quantitative estimate of drug-likeness (QED) is 0.868. The number of nitrogens with two attached hydrogens (primary N) is 1. The molecule has 0 radical (unpaired) electrons. The average Bonchev–Trinajstić information content (AvgIpc) is 2.43.